The maximum Gasteiger partial charge on any atom is 0.265 e. The van der Waals surface area contributed by atoms with Gasteiger partial charge in [-0.05, 0) is 12.8 Å². The first-order chi connectivity index (χ1) is 10.1. The number of thiazole rings is 1. The highest BCUT2D eigenvalue weighted by molar-refractivity contribution is 7.18. The molecule has 0 bridgehead atoms. The zero-order chi connectivity index (χ0) is 14.8. The fourth-order valence-corrected chi connectivity index (χ4v) is 2.74. The Hall–Kier alpha value is -2.16. The number of anilines is 2. The number of carbonyl (C=O) groups excluding carboxylic acids is 1. The molecule has 1 saturated carbocycles. The Bertz CT molecular complexity index is 646. The monoisotopic (exact) mass is 307 g/mol. The second-order valence-corrected chi connectivity index (χ2v) is 6.02. The Balaban J connectivity index is 1.54. The molecular formula is C12H17N7OS. The van der Waals surface area contributed by atoms with Crippen molar-refractivity contribution < 1.29 is 4.79 Å². The lowest BCUT2D eigenvalue weighted by Gasteiger charge is -2.03. The van der Waals surface area contributed by atoms with Gasteiger partial charge < -0.3 is 20.9 Å². The van der Waals surface area contributed by atoms with E-state index in [1.54, 1.807) is 6.33 Å². The Morgan fingerprint density at radius 2 is 2.38 bits per heavy atom. The molecule has 1 aliphatic rings. The SMILES string of the molecule is Cn1cnnc1CCNC(=O)c1sc(NC2CC2)nc1N. The average molecular weight is 307 g/mol. The van der Waals surface area contributed by atoms with Gasteiger partial charge in [-0.25, -0.2) is 4.98 Å². The summed E-state index contributed by atoms with van der Waals surface area (Å²) in [7, 11) is 1.87. The van der Waals surface area contributed by atoms with Gasteiger partial charge in [-0.3, -0.25) is 4.79 Å². The second kappa shape index (κ2) is 5.68. The lowest BCUT2D eigenvalue weighted by atomic mass is 10.4. The number of aryl methyl sites for hydroxylation is 1. The van der Waals surface area contributed by atoms with Gasteiger partial charge in [-0.1, -0.05) is 11.3 Å². The fraction of sp³-hybridized carbons (Fsp3) is 0.500. The number of nitrogens with zero attached hydrogens (tertiary/aromatic N) is 4. The lowest BCUT2D eigenvalue weighted by molar-refractivity contribution is 0.0958. The smallest absolute Gasteiger partial charge is 0.265 e. The van der Waals surface area contributed by atoms with Gasteiger partial charge in [0.2, 0.25) is 0 Å². The van der Waals surface area contributed by atoms with E-state index in [4.69, 9.17) is 5.73 Å². The first-order valence-electron chi connectivity index (χ1n) is 6.77. The van der Waals surface area contributed by atoms with Crippen molar-refractivity contribution in [3.8, 4) is 0 Å². The molecule has 2 aromatic rings. The summed E-state index contributed by atoms with van der Waals surface area (Å²) in [5.41, 5.74) is 5.80. The standard InChI is InChI=1S/C12H17N7OS/c1-19-6-15-18-8(19)4-5-14-11(20)9-10(13)17-12(21-9)16-7-2-3-7/h6-7H,2-5,13H2,1H3,(H,14,20)(H,16,17). The molecule has 1 amide bonds. The minimum atomic E-state index is -0.198. The van der Waals surface area contributed by atoms with Crippen LogP contribution in [0.1, 0.15) is 28.3 Å². The number of hydrogen-bond acceptors (Lipinski definition) is 7. The van der Waals surface area contributed by atoms with Gasteiger partial charge in [-0.2, -0.15) is 0 Å². The molecule has 8 nitrogen and oxygen atoms in total. The fourth-order valence-electron chi connectivity index (χ4n) is 1.86. The Kier molecular flexibility index (Phi) is 3.74. The summed E-state index contributed by atoms with van der Waals surface area (Å²) in [5.74, 6) is 0.902. The van der Waals surface area contributed by atoms with Gasteiger partial charge in [-0.15, -0.1) is 10.2 Å². The van der Waals surface area contributed by atoms with Crippen LogP contribution in [0.3, 0.4) is 0 Å². The van der Waals surface area contributed by atoms with Gasteiger partial charge >= 0.3 is 0 Å². The van der Waals surface area contributed by atoms with Crippen molar-refractivity contribution in [1.82, 2.24) is 25.1 Å². The summed E-state index contributed by atoms with van der Waals surface area (Å²) >= 11 is 1.29. The van der Waals surface area contributed by atoms with Crippen LogP contribution in [0.15, 0.2) is 6.33 Å². The van der Waals surface area contributed by atoms with E-state index in [9.17, 15) is 4.79 Å². The topological polar surface area (TPSA) is 111 Å². The van der Waals surface area contributed by atoms with Crippen molar-refractivity contribution in [3.05, 3.63) is 17.0 Å². The quantitative estimate of drug-likeness (QED) is 0.712. The van der Waals surface area contributed by atoms with Crippen LogP contribution in [0.25, 0.3) is 0 Å². The minimum absolute atomic E-state index is 0.198. The van der Waals surface area contributed by atoms with Crippen molar-refractivity contribution in [3.63, 3.8) is 0 Å². The first kappa shape index (κ1) is 13.8. The van der Waals surface area contributed by atoms with Crippen LogP contribution < -0.4 is 16.4 Å². The molecule has 0 aliphatic heterocycles. The van der Waals surface area contributed by atoms with Gasteiger partial charge in [0.25, 0.3) is 5.91 Å². The van der Waals surface area contributed by atoms with E-state index in [0.29, 0.717) is 29.0 Å². The summed E-state index contributed by atoms with van der Waals surface area (Å²) in [5, 5.41) is 14.5. The first-order valence-corrected chi connectivity index (χ1v) is 7.59. The van der Waals surface area contributed by atoms with Crippen LogP contribution in [0.2, 0.25) is 0 Å². The predicted molar refractivity (Wildman–Crippen MR) is 80.2 cm³/mol. The Morgan fingerprint density at radius 3 is 3.05 bits per heavy atom. The van der Waals surface area contributed by atoms with E-state index in [2.05, 4.69) is 25.8 Å². The molecule has 2 aromatic heterocycles. The van der Waals surface area contributed by atoms with Crippen molar-refractivity contribution in [2.24, 2.45) is 7.05 Å². The van der Waals surface area contributed by atoms with Crippen LogP contribution in [0.4, 0.5) is 10.9 Å². The molecule has 0 radical (unpaired) electrons. The summed E-state index contributed by atoms with van der Waals surface area (Å²) in [4.78, 5) is 16.7. The van der Waals surface area contributed by atoms with Crippen LogP contribution >= 0.6 is 11.3 Å². The predicted octanol–water partition coefficient (Wildman–Crippen LogP) is 0.401. The summed E-state index contributed by atoms with van der Waals surface area (Å²) in [6.45, 7) is 0.480. The van der Waals surface area contributed by atoms with Gasteiger partial charge in [0.15, 0.2) is 5.13 Å². The minimum Gasteiger partial charge on any atom is -0.382 e. The molecule has 3 rings (SSSR count). The lowest BCUT2D eigenvalue weighted by Crippen LogP contribution is -2.26. The third-order valence-corrected chi connectivity index (χ3v) is 4.21. The van der Waals surface area contributed by atoms with E-state index in [1.807, 2.05) is 11.6 Å². The summed E-state index contributed by atoms with van der Waals surface area (Å²) in [6.07, 6.45) is 4.56. The van der Waals surface area contributed by atoms with Crippen LogP contribution in [-0.2, 0) is 13.5 Å². The largest absolute Gasteiger partial charge is 0.382 e. The molecule has 0 atom stereocenters. The van der Waals surface area contributed by atoms with Crippen molar-refractivity contribution >= 4 is 28.2 Å². The van der Waals surface area contributed by atoms with E-state index in [-0.39, 0.29) is 11.7 Å². The second-order valence-electron chi connectivity index (χ2n) is 5.02. The molecule has 1 fully saturated rings. The van der Waals surface area contributed by atoms with Crippen LogP contribution in [0, 0.1) is 0 Å². The maximum absolute atomic E-state index is 12.1. The highest BCUT2D eigenvalue weighted by atomic mass is 32.1. The maximum atomic E-state index is 12.1. The third kappa shape index (κ3) is 3.30. The Labute approximate surface area is 125 Å². The molecule has 21 heavy (non-hydrogen) atoms. The number of hydrogen-bond donors (Lipinski definition) is 3. The number of nitrogens with one attached hydrogen (secondary N) is 2. The van der Waals surface area contributed by atoms with Crippen LogP contribution in [-0.4, -0.2) is 38.2 Å². The normalized spacial score (nSPS) is 14.1. The van der Waals surface area contributed by atoms with E-state index < -0.39 is 0 Å². The molecule has 1 aliphatic carbocycles. The zero-order valence-corrected chi connectivity index (χ0v) is 12.5. The highest BCUT2D eigenvalue weighted by Crippen LogP contribution is 2.30. The van der Waals surface area contributed by atoms with Crippen molar-refractivity contribution in [1.29, 1.82) is 0 Å². The molecule has 4 N–H and O–H groups in total. The van der Waals surface area contributed by atoms with E-state index in [1.165, 1.54) is 11.3 Å². The number of carbonyl (C=O) groups is 1. The molecule has 2 heterocycles. The van der Waals surface area contributed by atoms with Crippen molar-refractivity contribution in [2.75, 3.05) is 17.6 Å². The molecule has 0 spiro atoms. The summed E-state index contributed by atoms with van der Waals surface area (Å²) < 4.78 is 1.82. The number of amides is 1. The summed E-state index contributed by atoms with van der Waals surface area (Å²) in [6, 6.07) is 0.488. The zero-order valence-electron chi connectivity index (χ0n) is 11.7. The van der Waals surface area contributed by atoms with Crippen LogP contribution in [0.5, 0.6) is 0 Å². The number of aromatic nitrogens is 4. The molecule has 9 heteroatoms. The van der Waals surface area contributed by atoms with Gasteiger partial charge in [0.1, 0.15) is 22.8 Å². The highest BCUT2D eigenvalue weighted by Gasteiger charge is 2.24. The number of nitrogen functional groups attached to an aromatic ring is 1. The number of nitrogens with two attached hydrogens (primary N) is 1. The molecular weight excluding hydrogens is 290 g/mol. The molecule has 112 valence electrons. The Morgan fingerprint density at radius 1 is 1.57 bits per heavy atom. The van der Waals surface area contributed by atoms with Gasteiger partial charge in [0, 0.05) is 26.1 Å². The molecule has 0 saturated heterocycles. The number of rotatable bonds is 6. The van der Waals surface area contributed by atoms with Crippen molar-refractivity contribution in [2.45, 2.75) is 25.3 Å². The third-order valence-electron chi connectivity index (χ3n) is 3.20. The van der Waals surface area contributed by atoms with E-state index in [0.717, 1.165) is 18.7 Å². The average Bonchev–Trinajstić information content (AvgIpc) is 3.05. The van der Waals surface area contributed by atoms with E-state index >= 15 is 0 Å². The molecule has 0 aromatic carbocycles. The molecule has 0 unspecified atom stereocenters. The van der Waals surface area contributed by atoms with Gasteiger partial charge in [0.05, 0.1) is 0 Å².